The Morgan fingerprint density at radius 3 is 2.89 bits per heavy atom. The summed E-state index contributed by atoms with van der Waals surface area (Å²) in [4.78, 5) is 33.1. The summed E-state index contributed by atoms with van der Waals surface area (Å²) in [5.41, 5.74) is 1.64. The predicted molar refractivity (Wildman–Crippen MR) is 97.3 cm³/mol. The van der Waals surface area contributed by atoms with Gasteiger partial charge in [0.1, 0.15) is 17.1 Å². The minimum Gasteiger partial charge on any atom is -0.445 e. The number of likely N-dealkylation sites (N-methyl/N-ethyl adjacent to an activating group) is 1. The fourth-order valence-corrected chi connectivity index (χ4v) is 3.51. The molecule has 0 atom stereocenters. The number of carbonyl (C=O) groups excluding carboxylic acids is 2. The zero-order chi connectivity index (χ0) is 19.1. The van der Waals surface area contributed by atoms with Crippen LogP contribution in [0.2, 0.25) is 0 Å². The lowest BCUT2D eigenvalue weighted by Gasteiger charge is -2.24. The first-order chi connectivity index (χ1) is 12.9. The van der Waals surface area contributed by atoms with Crippen LogP contribution in [0, 0.1) is 5.92 Å². The lowest BCUT2D eigenvalue weighted by atomic mass is 10.1. The van der Waals surface area contributed by atoms with Gasteiger partial charge in [-0.15, -0.1) is 0 Å². The molecule has 144 valence electrons. The molecule has 0 saturated carbocycles. The zero-order valence-electron chi connectivity index (χ0n) is 16.1. The molecule has 4 rings (SSSR count). The summed E-state index contributed by atoms with van der Waals surface area (Å²) in [6.45, 7) is 6.56. The van der Waals surface area contributed by atoms with E-state index in [2.05, 4.69) is 23.9 Å². The van der Waals surface area contributed by atoms with E-state index < -0.39 is 0 Å². The molecule has 2 amide bonds. The van der Waals surface area contributed by atoms with Crippen molar-refractivity contribution in [1.82, 2.24) is 24.6 Å². The van der Waals surface area contributed by atoms with Gasteiger partial charge in [-0.2, -0.15) is 5.10 Å². The normalized spacial score (nSPS) is 16.7. The van der Waals surface area contributed by atoms with Gasteiger partial charge in [0, 0.05) is 39.0 Å². The van der Waals surface area contributed by atoms with Crippen LogP contribution in [0.4, 0.5) is 0 Å². The third kappa shape index (κ3) is 3.36. The predicted octanol–water partition coefficient (Wildman–Crippen LogP) is 1.74. The van der Waals surface area contributed by atoms with Gasteiger partial charge in [0.2, 0.25) is 0 Å². The first-order valence-electron chi connectivity index (χ1n) is 9.52. The SMILES string of the molecule is CC(C)CCc1nc2c(o1)CCN(C(=O)c1cc3n(n1)CCN(C)C3=O)C2. The second-order valence-corrected chi connectivity index (χ2v) is 7.75. The monoisotopic (exact) mass is 371 g/mol. The lowest BCUT2D eigenvalue weighted by molar-refractivity contribution is 0.0714. The molecule has 0 radical (unpaired) electrons. The highest BCUT2D eigenvalue weighted by molar-refractivity contribution is 5.98. The fraction of sp³-hybridized carbons (Fsp3) is 0.579. The van der Waals surface area contributed by atoms with Crippen LogP contribution in [-0.2, 0) is 25.9 Å². The summed E-state index contributed by atoms with van der Waals surface area (Å²) in [6, 6.07) is 1.60. The molecule has 2 aliphatic rings. The maximum atomic E-state index is 12.9. The van der Waals surface area contributed by atoms with E-state index in [-0.39, 0.29) is 11.8 Å². The number of hydrogen-bond donors (Lipinski definition) is 0. The molecule has 2 aromatic heterocycles. The zero-order valence-corrected chi connectivity index (χ0v) is 16.1. The molecule has 0 spiro atoms. The van der Waals surface area contributed by atoms with Crippen LogP contribution in [0.3, 0.4) is 0 Å². The Balaban J connectivity index is 1.48. The van der Waals surface area contributed by atoms with Crippen LogP contribution in [0.1, 0.15) is 58.6 Å². The Kier molecular flexibility index (Phi) is 4.49. The Bertz CT molecular complexity index is 882. The molecule has 0 bridgehead atoms. The third-order valence-corrected chi connectivity index (χ3v) is 5.21. The smallest absolute Gasteiger partial charge is 0.274 e. The number of oxazole rings is 1. The molecule has 0 aliphatic carbocycles. The molecular weight excluding hydrogens is 346 g/mol. The van der Waals surface area contributed by atoms with Gasteiger partial charge in [-0.25, -0.2) is 4.98 Å². The Morgan fingerprint density at radius 1 is 1.30 bits per heavy atom. The summed E-state index contributed by atoms with van der Waals surface area (Å²) in [5.74, 6) is 1.98. The standard InChI is InChI=1S/C19H25N5O3/c1-12(2)4-5-17-20-14-11-23(7-6-16(14)27-17)18(25)13-10-15-19(26)22(3)8-9-24(15)21-13/h10,12H,4-9,11H2,1-3H3. The van der Waals surface area contributed by atoms with Crippen molar-refractivity contribution in [3.05, 3.63) is 34.8 Å². The van der Waals surface area contributed by atoms with Crippen LogP contribution < -0.4 is 0 Å². The second kappa shape index (κ2) is 6.83. The van der Waals surface area contributed by atoms with E-state index in [1.165, 1.54) is 0 Å². The average molecular weight is 371 g/mol. The lowest BCUT2D eigenvalue weighted by Crippen LogP contribution is -2.37. The van der Waals surface area contributed by atoms with Crippen molar-refractivity contribution >= 4 is 11.8 Å². The number of carbonyl (C=O) groups is 2. The van der Waals surface area contributed by atoms with E-state index in [9.17, 15) is 9.59 Å². The maximum absolute atomic E-state index is 12.9. The Hall–Kier alpha value is -2.64. The number of aromatic nitrogens is 3. The molecule has 8 nitrogen and oxygen atoms in total. The van der Waals surface area contributed by atoms with Gasteiger partial charge in [-0.1, -0.05) is 13.8 Å². The third-order valence-electron chi connectivity index (χ3n) is 5.21. The van der Waals surface area contributed by atoms with Gasteiger partial charge in [-0.3, -0.25) is 14.3 Å². The number of aryl methyl sites for hydroxylation is 1. The summed E-state index contributed by atoms with van der Waals surface area (Å²) >= 11 is 0. The quantitative estimate of drug-likeness (QED) is 0.817. The van der Waals surface area contributed by atoms with E-state index in [4.69, 9.17) is 4.42 Å². The molecule has 2 aromatic rings. The van der Waals surface area contributed by atoms with Crippen molar-refractivity contribution in [3.8, 4) is 0 Å². The Morgan fingerprint density at radius 2 is 2.11 bits per heavy atom. The minimum absolute atomic E-state index is 0.0972. The molecule has 0 N–H and O–H groups in total. The molecule has 27 heavy (non-hydrogen) atoms. The average Bonchev–Trinajstić information content (AvgIpc) is 3.26. The van der Waals surface area contributed by atoms with Gasteiger partial charge in [0.15, 0.2) is 11.6 Å². The number of nitrogens with zero attached hydrogens (tertiary/aromatic N) is 5. The fourth-order valence-electron chi connectivity index (χ4n) is 3.51. The van der Waals surface area contributed by atoms with Crippen LogP contribution >= 0.6 is 0 Å². The van der Waals surface area contributed by atoms with Crippen molar-refractivity contribution < 1.29 is 14.0 Å². The van der Waals surface area contributed by atoms with Crippen LogP contribution in [0.5, 0.6) is 0 Å². The van der Waals surface area contributed by atoms with E-state index in [0.29, 0.717) is 49.9 Å². The minimum atomic E-state index is -0.162. The maximum Gasteiger partial charge on any atom is 0.274 e. The van der Waals surface area contributed by atoms with Crippen molar-refractivity contribution in [2.24, 2.45) is 5.92 Å². The largest absolute Gasteiger partial charge is 0.445 e. The summed E-state index contributed by atoms with van der Waals surface area (Å²) < 4.78 is 7.49. The van der Waals surface area contributed by atoms with E-state index >= 15 is 0 Å². The second-order valence-electron chi connectivity index (χ2n) is 7.75. The molecule has 0 unspecified atom stereocenters. The number of fused-ring (bicyclic) bond motifs is 2. The first-order valence-corrected chi connectivity index (χ1v) is 9.52. The molecule has 0 saturated heterocycles. The van der Waals surface area contributed by atoms with Crippen molar-refractivity contribution in [1.29, 1.82) is 0 Å². The van der Waals surface area contributed by atoms with Crippen molar-refractivity contribution in [2.75, 3.05) is 20.1 Å². The van der Waals surface area contributed by atoms with Crippen LogP contribution in [-0.4, -0.2) is 56.5 Å². The van der Waals surface area contributed by atoms with Gasteiger partial charge in [0.05, 0.1) is 13.1 Å². The molecule has 4 heterocycles. The van der Waals surface area contributed by atoms with E-state index in [0.717, 1.165) is 30.2 Å². The molecule has 0 aromatic carbocycles. The topological polar surface area (TPSA) is 84.5 Å². The van der Waals surface area contributed by atoms with Crippen molar-refractivity contribution in [2.45, 2.75) is 46.2 Å². The summed E-state index contributed by atoms with van der Waals surface area (Å²) in [6.07, 6.45) is 2.51. The van der Waals surface area contributed by atoms with Crippen LogP contribution in [0.25, 0.3) is 0 Å². The highest BCUT2D eigenvalue weighted by atomic mass is 16.4. The van der Waals surface area contributed by atoms with E-state index in [1.807, 2.05) is 0 Å². The molecule has 0 fully saturated rings. The molecule has 8 heteroatoms. The highest BCUT2D eigenvalue weighted by Crippen LogP contribution is 2.23. The summed E-state index contributed by atoms with van der Waals surface area (Å²) in [5, 5.41) is 4.35. The number of hydrogen-bond acceptors (Lipinski definition) is 5. The highest BCUT2D eigenvalue weighted by Gasteiger charge is 2.30. The van der Waals surface area contributed by atoms with Crippen LogP contribution in [0.15, 0.2) is 10.5 Å². The number of amides is 2. The number of rotatable bonds is 4. The van der Waals surface area contributed by atoms with Gasteiger partial charge >= 0.3 is 0 Å². The Labute approximate surface area is 158 Å². The van der Waals surface area contributed by atoms with E-state index in [1.54, 1.807) is 27.6 Å². The molecule has 2 aliphatic heterocycles. The van der Waals surface area contributed by atoms with Gasteiger partial charge in [0.25, 0.3) is 11.8 Å². The van der Waals surface area contributed by atoms with Gasteiger partial charge < -0.3 is 14.2 Å². The summed E-state index contributed by atoms with van der Waals surface area (Å²) in [7, 11) is 1.76. The first kappa shape index (κ1) is 17.8. The molecular formula is C19H25N5O3. The van der Waals surface area contributed by atoms with Crippen molar-refractivity contribution in [3.63, 3.8) is 0 Å². The van der Waals surface area contributed by atoms with Gasteiger partial charge in [-0.05, 0) is 12.3 Å².